The van der Waals surface area contributed by atoms with Gasteiger partial charge in [0.25, 0.3) is 0 Å². The number of carbonyl (C=O) groups is 1. The van der Waals surface area contributed by atoms with Crippen molar-refractivity contribution in [2.75, 3.05) is 33.0 Å². The highest BCUT2D eigenvalue weighted by Crippen LogP contribution is 2.74. The molecule has 0 radical (unpaired) electrons. The van der Waals surface area contributed by atoms with Gasteiger partial charge in [0.2, 0.25) is 6.29 Å². The number of aliphatic hydroxyl groups is 16. The number of rotatable bonds is 15. The number of fused-ring (bicyclic) bond motifs is 3. The van der Waals surface area contributed by atoms with E-state index < -0.39 is 208 Å². The summed E-state index contributed by atoms with van der Waals surface area (Å²) in [6, 6.07) is 0. The van der Waals surface area contributed by atoms with Gasteiger partial charge in [-0.3, -0.25) is 4.79 Å². The highest BCUT2D eigenvalue weighted by Gasteiger charge is 2.70. The summed E-state index contributed by atoms with van der Waals surface area (Å²) in [6.07, 6.45) is -35.0. The van der Waals surface area contributed by atoms with E-state index in [0.717, 1.165) is 6.42 Å². The fourth-order valence-electron chi connectivity index (χ4n) is 14.8. The summed E-state index contributed by atoms with van der Waals surface area (Å²) in [5.74, 6) is -1.06. The van der Waals surface area contributed by atoms with Crippen LogP contribution in [0.25, 0.3) is 0 Å². The number of hydrogen-bond acceptors (Lipinski definition) is 27. The lowest BCUT2D eigenvalue weighted by atomic mass is 9.41. The fourth-order valence-corrected chi connectivity index (χ4v) is 14.8. The van der Waals surface area contributed by atoms with Gasteiger partial charge in [0.05, 0.1) is 50.2 Å². The second-order valence-corrected chi connectivity index (χ2v) is 23.5. The monoisotopic (exact) mass is 1370 g/mol. The summed E-state index contributed by atoms with van der Waals surface area (Å²) in [5.41, 5.74) is -2.59. The first-order valence-corrected chi connectivity index (χ1v) is 26.8. The topological polar surface area (TPSA) is 433 Å². The van der Waals surface area contributed by atoms with Crippen molar-refractivity contribution in [1.82, 2.24) is 0 Å². The molecule has 16 N–H and O–H groups in total. The van der Waals surface area contributed by atoms with Crippen molar-refractivity contribution in [2.45, 2.75) is 350 Å². The van der Waals surface area contributed by atoms with Crippen LogP contribution in [0.2, 0.25) is 0 Å². The molecule has 2 bridgehead atoms. The van der Waals surface area contributed by atoms with E-state index in [0.29, 0.717) is 56.9 Å². The van der Waals surface area contributed by atoms with Gasteiger partial charge in [-0.2, -0.15) is 0 Å². The molecule has 27 heteroatoms. The van der Waals surface area contributed by atoms with Gasteiger partial charge < -0.3 is 129 Å². The van der Waals surface area contributed by atoms with Crippen LogP contribution in [0.15, 0.2) is 12.2 Å². The Hall–Kier alpha value is -1.79. The molecule has 1 spiro atoms. The smallest absolute Gasteiger partial charge is 0.314 e. The van der Waals surface area contributed by atoms with Crippen molar-refractivity contribution >= 4 is 5.97 Å². The van der Waals surface area contributed by atoms with Crippen molar-refractivity contribution in [1.29, 1.82) is 0 Å². The van der Waals surface area contributed by atoms with Crippen molar-refractivity contribution in [3.63, 3.8) is 0 Å². The maximum Gasteiger partial charge on any atom is 0.314 e. The number of ether oxygens (including phenoxy) is 10. The summed E-state index contributed by atoms with van der Waals surface area (Å²) < 4.78 is 59.9. The van der Waals surface area contributed by atoms with E-state index in [1.165, 1.54) is 0 Å². The normalized spacial score (nSPS) is 44.8. The minimum absolute atomic E-state index is 0. The zero-order valence-corrected chi connectivity index (χ0v) is 43.0. The van der Waals surface area contributed by atoms with Crippen LogP contribution in [0.3, 0.4) is 0 Å². The molecule has 4 aliphatic carbocycles. The second-order valence-electron chi connectivity index (χ2n) is 23.5. The molecule has 4 saturated carbocycles. The zero-order valence-electron chi connectivity index (χ0n) is 43.0. The van der Waals surface area contributed by atoms with Crippen LogP contribution in [-0.4, -0.2) is 274 Å². The standard InChI is InChI=1S/C50H80O27.16CH4/c1-19-12-49-9-5-26-47(2,7-4-8-48(26,3)46(67)76-44-40(36(63)32(59)24(16-54)72-44)74-42-38(65)34(61)30(57)22(14-52)70-42)27(49)6-10-50(19,18-49)77-45-41(75-43-39(66)35(62)31(58)23(15-53)71-43)37(64)33(60)25(73-45)17-68-28-11-20(55)29(56)21(13-51)69-28;;;;;;;;;;;;;;;;/h20-45,51-66H,1,4-18H2,2-3H3;16*1H4/t20?,21?,22?,23?,24?,25?,26?,27-,28?,29?,30?,31?,32?,33?,34?,35?,36?,37?,38?,39?,40?,41?,42?,43?,44?,45?,47+,48+,49+,50?;;;;;;;;;;;;;;;;/m0................/s1. The first-order valence-electron chi connectivity index (χ1n) is 26.8. The molecule has 30 atom stereocenters. The number of aliphatic hydroxyl groups excluding tert-OH is 16. The van der Waals surface area contributed by atoms with Crippen molar-refractivity contribution < 1.29 is 134 Å². The largest absolute Gasteiger partial charge is 0.432 e. The maximum atomic E-state index is 14.9. The summed E-state index contributed by atoms with van der Waals surface area (Å²) in [7, 11) is 0. The molecule has 9 rings (SSSR count). The van der Waals surface area contributed by atoms with Crippen LogP contribution >= 0.6 is 0 Å². The molecular formula is C66H144O27. The lowest BCUT2D eigenvalue weighted by molar-refractivity contribution is -0.381. The second kappa shape index (κ2) is 41.7. The van der Waals surface area contributed by atoms with Crippen molar-refractivity contribution in [3.05, 3.63) is 12.2 Å². The number of carbonyl (C=O) groups excluding carboxylic acids is 1. The zero-order chi connectivity index (χ0) is 55.8. The van der Waals surface area contributed by atoms with E-state index in [1.54, 1.807) is 6.92 Å². The summed E-state index contributed by atoms with van der Waals surface area (Å²) in [5, 5.41) is 169. The lowest BCUT2D eigenvalue weighted by Gasteiger charge is -2.64. The molecule has 570 valence electrons. The Morgan fingerprint density at radius 1 is 0.473 bits per heavy atom. The van der Waals surface area contributed by atoms with Gasteiger partial charge in [-0.05, 0) is 86.5 Å². The van der Waals surface area contributed by atoms with Crippen LogP contribution in [-0.2, 0) is 52.2 Å². The minimum Gasteiger partial charge on any atom is -0.432 e. The van der Waals surface area contributed by atoms with E-state index >= 15 is 0 Å². The molecule has 26 unspecified atom stereocenters. The molecule has 0 aromatic rings. The number of esters is 1. The summed E-state index contributed by atoms with van der Waals surface area (Å²) in [6.45, 7) is 5.00. The molecule has 5 aliphatic heterocycles. The van der Waals surface area contributed by atoms with Gasteiger partial charge in [0.15, 0.2) is 31.3 Å². The summed E-state index contributed by atoms with van der Waals surface area (Å²) >= 11 is 0. The Kier molecular flexibility index (Phi) is 48.1. The molecule has 5 heterocycles. The number of hydrogen-bond donors (Lipinski definition) is 16. The van der Waals surface area contributed by atoms with Crippen LogP contribution in [0, 0.1) is 28.1 Å². The predicted octanol–water partition coefficient (Wildman–Crippen LogP) is 3.92. The van der Waals surface area contributed by atoms with Crippen LogP contribution in [0.5, 0.6) is 0 Å². The van der Waals surface area contributed by atoms with E-state index in [9.17, 15) is 86.5 Å². The van der Waals surface area contributed by atoms with Gasteiger partial charge in [0.1, 0.15) is 104 Å². The summed E-state index contributed by atoms with van der Waals surface area (Å²) in [4.78, 5) is 14.9. The third-order valence-corrected chi connectivity index (χ3v) is 19.1. The van der Waals surface area contributed by atoms with E-state index in [1.807, 2.05) is 0 Å². The first kappa shape index (κ1) is 107. The van der Waals surface area contributed by atoms with Crippen LogP contribution in [0.1, 0.15) is 197 Å². The van der Waals surface area contributed by atoms with Gasteiger partial charge in [-0.1, -0.05) is 139 Å². The third-order valence-electron chi connectivity index (χ3n) is 19.1. The van der Waals surface area contributed by atoms with Crippen LogP contribution in [0.4, 0.5) is 0 Å². The Bertz CT molecular complexity index is 2050. The molecule has 0 aromatic heterocycles. The Labute approximate surface area is 561 Å². The molecule has 0 aromatic carbocycles. The fraction of sp³-hybridized carbons (Fsp3) is 0.955. The molecule has 9 fully saturated rings. The minimum atomic E-state index is -1.92. The van der Waals surface area contributed by atoms with E-state index in [2.05, 4.69) is 13.5 Å². The molecule has 0 amide bonds. The third kappa shape index (κ3) is 19.2. The van der Waals surface area contributed by atoms with E-state index in [4.69, 9.17) is 47.4 Å². The Balaban J connectivity index is -0.000000753. The predicted molar refractivity (Wildman–Crippen MR) is 358 cm³/mol. The van der Waals surface area contributed by atoms with Gasteiger partial charge >= 0.3 is 5.97 Å². The highest BCUT2D eigenvalue weighted by atomic mass is 16.8. The molecular weight excluding hydrogens is 1220 g/mol. The highest BCUT2D eigenvalue weighted by molar-refractivity contribution is 5.77. The molecule has 9 aliphatic rings. The van der Waals surface area contributed by atoms with Gasteiger partial charge in [0, 0.05) is 6.42 Å². The Morgan fingerprint density at radius 3 is 1.35 bits per heavy atom. The first-order chi connectivity index (χ1) is 36.4. The average molecular weight is 1370 g/mol. The Morgan fingerprint density at radius 2 is 0.882 bits per heavy atom. The lowest BCUT2D eigenvalue weighted by Crippen LogP contribution is -2.66. The average Bonchev–Trinajstić information content (AvgIpc) is 1.64. The SMILES string of the molecule is C.C.C.C.C.C.C.C.C.C.C.C.C.C.C.C.C=C1C[C@@]23CCC4[C@](C)(C(=O)OC5OC(CO)C(O)C(O)C5OC5OC(CO)C(O)C(O)C5O)CCC[C@@]4(C)[C@@H]2CCC1(OC1OC(COC2CC(O)C(O)C(CO)O2)C(O)C(O)C1OC1OC(CO)C(O)C(O)C1O)C3. The van der Waals surface area contributed by atoms with E-state index in [-0.39, 0.29) is 137 Å². The maximum absolute atomic E-state index is 14.9. The van der Waals surface area contributed by atoms with Gasteiger partial charge in [-0.15, -0.1) is 0 Å². The van der Waals surface area contributed by atoms with Crippen molar-refractivity contribution in [3.8, 4) is 0 Å². The molecule has 5 saturated heterocycles. The molecule has 27 nitrogen and oxygen atoms in total. The molecule has 93 heavy (non-hydrogen) atoms. The van der Waals surface area contributed by atoms with Crippen LogP contribution < -0.4 is 0 Å². The van der Waals surface area contributed by atoms with Gasteiger partial charge in [-0.25, -0.2) is 0 Å². The van der Waals surface area contributed by atoms with Crippen molar-refractivity contribution in [2.24, 2.45) is 28.1 Å². The quantitative estimate of drug-likeness (QED) is 0.0627.